The average Bonchev–Trinajstić information content (AvgIpc) is 2.90. The second-order valence-corrected chi connectivity index (χ2v) is 7.61. The summed E-state index contributed by atoms with van der Waals surface area (Å²) in [5, 5.41) is 1.41. The third kappa shape index (κ3) is 2.11. The molecule has 0 spiro atoms. The molecular weight excluding hydrogens is 312 g/mol. The summed E-state index contributed by atoms with van der Waals surface area (Å²) >= 11 is 0. The molecule has 1 saturated heterocycles. The Balaban J connectivity index is 1.76. The van der Waals surface area contributed by atoms with Gasteiger partial charge in [0.25, 0.3) is 0 Å². The van der Waals surface area contributed by atoms with Crippen molar-refractivity contribution in [2.24, 2.45) is 5.92 Å². The number of allylic oxidation sites excluding steroid dienone is 1. The highest BCUT2D eigenvalue weighted by Crippen LogP contribution is 2.50. The van der Waals surface area contributed by atoms with Crippen molar-refractivity contribution in [3.8, 4) is 0 Å². The summed E-state index contributed by atoms with van der Waals surface area (Å²) in [5.41, 5.74) is 5.65. The van der Waals surface area contributed by atoms with Crippen LogP contribution >= 0.6 is 0 Å². The van der Waals surface area contributed by atoms with Crippen LogP contribution in [0.2, 0.25) is 0 Å². The Morgan fingerprint density at radius 1 is 1.24 bits per heavy atom. The molecule has 0 saturated carbocycles. The SMILES string of the molecule is CC=C1C2CC3c4c(c5ccccc5n4C(C2)OC1OC)CCN3C. The lowest BCUT2D eigenvalue weighted by atomic mass is 9.84. The predicted molar refractivity (Wildman–Crippen MR) is 98.4 cm³/mol. The maximum atomic E-state index is 6.44. The number of rotatable bonds is 1. The Morgan fingerprint density at radius 2 is 2.08 bits per heavy atom. The minimum atomic E-state index is -0.226. The van der Waals surface area contributed by atoms with Gasteiger partial charge < -0.3 is 14.0 Å². The Morgan fingerprint density at radius 3 is 2.88 bits per heavy atom. The summed E-state index contributed by atoms with van der Waals surface area (Å²) in [6, 6.07) is 9.29. The van der Waals surface area contributed by atoms with E-state index >= 15 is 0 Å². The van der Waals surface area contributed by atoms with Crippen molar-refractivity contribution in [3.63, 3.8) is 0 Å². The van der Waals surface area contributed by atoms with Crippen LogP contribution in [-0.2, 0) is 15.9 Å². The molecule has 132 valence electrons. The highest BCUT2D eigenvalue weighted by atomic mass is 16.7. The van der Waals surface area contributed by atoms with E-state index in [0.717, 1.165) is 25.8 Å². The summed E-state index contributed by atoms with van der Waals surface area (Å²) in [4.78, 5) is 2.54. The first-order valence-electron chi connectivity index (χ1n) is 9.39. The summed E-state index contributed by atoms with van der Waals surface area (Å²) in [5.74, 6) is 0.519. The number of methoxy groups -OCH3 is 1. The van der Waals surface area contributed by atoms with Gasteiger partial charge in [-0.25, -0.2) is 0 Å². The van der Waals surface area contributed by atoms with Crippen LogP contribution in [0.3, 0.4) is 0 Å². The Labute approximate surface area is 149 Å². The molecule has 0 N–H and O–H groups in total. The molecule has 25 heavy (non-hydrogen) atoms. The molecule has 4 nitrogen and oxygen atoms in total. The van der Waals surface area contributed by atoms with Crippen LogP contribution in [0.4, 0.5) is 0 Å². The van der Waals surface area contributed by atoms with Crippen LogP contribution in [0.15, 0.2) is 35.9 Å². The fraction of sp³-hybridized carbons (Fsp3) is 0.524. The highest BCUT2D eigenvalue weighted by Gasteiger charge is 2.44. The maximum absolute atomic E-state index is 6.44. The molecule has 1 fully saturated rings. The summed E-state index contributed by atoms with van der Waals surface area (Å²) in [6.45, 7) is 3.24. The topological polar surface area (TPSA) is 26.6 Å². The van der Waals surface area contributed by atoms with E-state index in [1.807, 2.05) is 0 Å². The van der Waals surface area contributed by atoms with Gasteiger partial charge in [0.05, 0.1) is 11.6 Å². The molecule has 2 aromatic rings. The number of nitrogens with zero attached hydrogens (tertiary/aromatic N) is 2. The van der Waals surface area contributed by atoms with E-state index in [-0.39, 0.29) is 12.5 Å². The van der Waals surface area contributed by atoms with Crippen LogP contribution in [0, 0.1) is 5.92 Å². The zero-order valence-corrected chi connectivity index (χ0v) is 15.2. The van der Waals surface area contributed by atoms with Crippen molar-refractivity contribution in [1.29, 1.82) is 0 Å². The lowest BCUT2D eigenvalue weighted by molar-refractivity contribution is -0.182. The number of likely N-dealkylation sites (N-methyl/N-ethyl adjacent to an activating group) is 1. The van der Waals surface area contributed by atoms with E-state index in [2.05, 4.69) is 53.8 Å². The Kier molecular flexibility index (Phi) is 3.56. The van der Waals surface area contributed by atoms with Crippen molar-refractivity contribution < 1.29 is 9.47 Å². The van der Waals surface area contributed by atoms with Crippen molar-refractivity contribution in [2.45, 2.75) is 44.7 Å². The normalized spacial score (nSPS) is 33.5. The quantitative estimate of drug-likeness (QED) is 0.735. The van der Waals surface area contributed by atoms with Crippen molar-refractivity contribution in [3.05, 3.63) is 47.2 Å². The molecule has 0 aliphatic carbocycles. The van der Waals surface area contributed by atoms with Crippen molar-refractivity contribution in [2.75, 3.05) is 20.7 Å². The van der Waals surface area contributed by atoms with E-state index in [0.29, 0.717) is 12.0 Å². The number of hydrogen-bond acceptors (Lipinski definition) is 3. The van der Waals surface area contributed by atoms with E-state index in [9.17, 15) is 0 Å². The monoisotopic (exact) mass is 338 g/mol. The summed E-state index contributed by atoms with van der Waals surface area (Å²) < 4.78 is 14.6. The molecule has 2 bridgehead atoms. The number of benzene rings is 1. The lowest BCUT2D eigenvalue weighted by Gasteiger charge is -2.37. The van der Waals surface area contributed by atoms with Gasteiger partial charge in [-0.05, 0) is 56.4 Å². The van der Waals surface area contributed by atoms with Gasteiger partial charge in [-0.1, -0.05) is 24.3 Å². The molecular formula is C21H26N2O2. The number of hydrogen-bond donors (Lipinski definition) is 0. The van der Waals surface area contributed by atoms with Crippen LogP contribution < -0.4 is 0 Å². The van der Waals surface area contributed by atoms with Crippen LogP contribution in [0.5, 0.6) is 0 Å². The molecule has 0 amide bonds. The molecule has 4 heterocycles. The first kappa shape index (κ1) is 15.6. The van der Waals surface area contributed by atoms with Gasteiger partial charge in [-0.3, -0.25) is 4.90 Å². The Hall–Kier alpha value is -1.62. The predicted octanol–water partition coefficient (Wildman–Crippen LogP) is 4.03. The molecule has 1 aromatic heterocycles. The third-order valence-corrected chi connectivity index (χ3v) is 6.47. The molecule has 0 radical (unpaired) electrons. The van der Waals surface area contributed by atoms with E-state index in [4.69, 9.17) is 9.47 Å². The number of aromatic nitrogens is 1. The second kappa shape index (κ2) is 5.70. The van der Waals surface area contributed by atoms with Gasteiger partial charge in [0, 0.05) is 24.7 Å². The van der Waals surface area contributed by atoms with Gasteiger partial charge in [0.2, 0.25) is 0 Å². The molecule has 4 heteroatoms. The number of ether oxygens (including phenoxy) is 2. The number of para-hydroxylation sites is 1. The van der Waals surface area contributed by atoms with Gasteiger partial charge in [0.15, 0.2) is 6.29 Å². The largest absolute Gasteiger partial charge is 0.352 e. The van der Waals surface area contributed by atoms with Crippen LogP contribution in [-0.4, -0.2) is 36.5 Å². The second-order valence-electron chi connectivity index (χ2n) is 7.61. The van der Waals surface area contributed by atoms with E-state index < -0.39 is 0 Å². The van der Waals surface area contributed by atoms with E-state index in [1.54, 1.807) is 7.11 Å². The Bertz CT molecular complexity index is 853. The standard InChI is InChI=1S/C21H26N2O2/c1-4-14-13-11-18-20-16(9-10-22(18)2)15-7-5-6-8-17(15)23(20)19(12-13)25-21(14)24-3/h4-8,13,18-19,21H,9-12H2,1-3H3. The van der Waals surface area contributed by atoms with Crippen molar-refractivity contribution in [1.82, 2.24) is 9.47 Å². The first-order valence-corrected chi connectivity index (χ1v) is 9.39. The van der Waals surface area contributed by atoms with Gasteiger partial charge >= 0.3 is 0 Å². The van der Waals surface area contributed by atoms with Crippen LogP contribution in [0.1, 0.15) is 43.3 Å². The van der Waals surface area contributed by atoms with Crippen molar-refractivity contribution >= 4 is 10.9 Å². The summed E-state index contributed by atoms with van der Waals surface area (Å²) in [7, 11) is 4.03. The minimum Gasteiger partial charge on any atom is -0.352 e. The molecule has 3 aliphatic rings. The molecule has 4 atom stereocenters. The van der Waals surface area contributed by atoms with Crippen LogP contribution in [0.25, 0.3) is 10.9 Å². The van der Waals surface area contributed by atoms with Gasteiger partial charge in [0.1, 0.15) is 6.23 Å². The smallest absolute Gasteiger partial charge is 0.182 e. The highest BCUT2D eigenvalue weighted by molar-refractivity contribution is 5.86. The minimum absolute atomic E-state index is 0.0591. The lowest BCUT2D eigenvalue weighted by Crippen LogP contribution is -2.34. The molecule has 1 aromatic carbocycles. The van der Waals surface area contributed by atoms with Gasteiger partial charge in [-0.15, -0.1) is 0 Å². The van der Waals surface area contributed by atoms with E-state index in [1.165, 1.54) is 27.7 Å². The fourth-order valence-electron chi connectivity index (χ4n) is 5.31. The summed E-state index contributed by atoms with van der Waals surface area (Å²) in [6.07, 6.45) is 5.35. The number of fused-ring (bicyclic) bond motifs is 6. The zero-order chi connectivity index (χ0) is 17.1. The first-order chi connectivity index (χ1) is 12.2. The zero-order valence-electron chi connectivity index (χ0n) is 15.2. The molecule has 3 aliphatic heterocycles. The molecule has 5 rings (SSSR count). The maximum Gasteiger partial charge on any atom is 0.182 e. The molecule has 4 unspecified atom stereocenters. The average molecular weight is 338 g/mol. The fourth-order valence-corrected chi connectivity index (χ4v) is 5.31. The van der Waals surface area contributed by atoms with Gasteiger partial charge in [-0.2, -0.15) is 0 Å². The third-order valence-electron chi connectivity index (χ3n) is 6.47.